The predicted octanol–water partition coefficient (Wildman–Crippen LogP) is -0.809. The Morgan fingerprint density at radius 2 is 2.17 bits per heavy atom. The van der Waals surface area contributed by atoms with Crippen LogP contribution in [0.2, 0.25) is 0 Å². The number of nitriles is 1. The minimum atomic E-state index is -1.69. The van der Waals surface area contributed by atoms with Crippen molar-refractivity contribution in [2.45, 2.75) is 18.9 Å². The fourth-order valence-corrected chi connectivity index (χ4v) is 1.75. The second-order valence-corrected chi connectivity index (χ2v) is 4.02. The molecule has 2 N–H and O–H groups in total. The van der Waals surface area contributed by atoms with Gasteiger partial charge in [-0.05, 0) is 6.07 Å². The van der Waals surface area contributed by atoms with Crippen LogP contribution in [0.5, 0.6) is 5.75 Å². The number of hydrogen-bond acceptors (Lipinski definition) is 6. The Kier molecular flexibility index (Phi) is 4.15. The molecular weight excluding hydrogens is 235 g/mol. The molecule has 1 aromatic rings. The van der Waals surface area contributed by atoms with Gasteiger partial charge in [0.1, 0.15) is 12.2 Å². The number of nitrogens with zero attached hydrogens (tertiary/aromatic N) is 2. The van der Waals surface area contributed by atoms with Crippen LogP contribution >= 0.6 is 0 Å². The van der Waals surface area contributed by atoms with Crippen LogP contribution in [0.3, 0.4) is 0 Å². The minimum Gasteiger partial charge on any atom is -0.487 e. The molecular formula is C11H13BN2O4. The van der Waals surface area contributed by atoms with E-state index >= 15 is 0 Å². The fraction of sp³-hybridized carbons (Fsp3) is 0.455. The second kappa shape index (κ2) is 5.82. The maximum atomic E-state index is 9.01. The molecule has 0 unspecified atom stereocenters. The van der Waals surface area contributed by atoms with Crippen LogP contribution in [0.15, 0.2) is 12.3 Å². The summed E-state index contributed by atoms with van der Waals surface area (Å²) in [7, 11) is -1.69. The number of ether oxygens (including phenoxy) is 2. The van der Waals surface area contributed by atoms with Crippen LogP contribution in [0.1, 0.15) is 18.4 Å². The zero-order valence-electron chi connectivity index (χ0n) is 9.74. The third-order valence-electron chi connectivity index (χ3n) is 2.74. The largest absolute Gasteiger partial charge is 0.508 e. The van der Waals surface area contributed by atoms with Crippen molar-refractivity contribution in [1.82, 2.24) is 4.98 Å². The van der Waals surface area contributed by atoms with E-state index in [2.05, 4.69) is 4.98 Å². The van der Waals surface area contributed by atoms with Crippen molar-refractivity contribution in [3.05, 3.63) is 17.8 Å². The van der Waals surface area contributed by atoms with Crippen molar-refractivity contribution in [3.63, 3.8) is 0 Å². The lowest BCUT2D eigenvalue weighted by Gasteiger charge is -2.23. The lowest BCUT2D eigenvalue weighted by molar-refractivity contribution is 0.0253. The Labute approximate surface area is 105 Å². The van der Waals surface area contributed by atoms with E-state index in [0.717, 1.165) is 12.8 Å². The second-order valence-electron chi connectivity index (χ2n) is 4.02. The first-order valence-corrected chi connectivity index (χ1v) is 5.71. The summed E-state index contributed by atoms with van der Waals surface area (Å²) in [4.78, 5) is 3.84. The smallest absolute Gasteiger partial charge is 0.487 e. The first-order chi connectivity index (χ1) is 8.70. The molecule has 6 nitrogen and oxygen atoms in total. The summed E-state index contributed by atoms with van der Waals surface area (Å²) in [6.45, 7) is 1.29. The third kappa shape index (κ3) is 2.98. The highest BCUT2D eigenvalue weighted by atomic mass is 16.5. The zero-order valence-corrected chi connectivity index (χ0v) is 9.74. The zero-order chi connectivity index (χ0) is 13.0. The molecule has 0 saturated carbocycles. The van der Waals surface area contributed by atoms with E-state index in [4.69, 9.17) is 24.8 Å². The van der Waals surface area contributed by atoms with Crippen LogP contribution in [0.25, 0.3) is 0 Å². The van der Waals surface area contributed by atoms with Gasteiger partial charge in [-0.15, -0.1) is 0 Å². The highest BCUT2D eigenvalue weighted by Gasteiger charge is 2.19. The van der Waals surface area contributed by atoms with Crippen molar-refractivity contribution in [2.24, 2.45) is 0 Å². The third-order valence-corrected chi connectivity index (χ3v) is 2.74. The van der Waals surface area contributed by atoms with E-state index in [0.29, 0.717) is 19.0 Å². The summed E-state index contributed by atoms with van der Waals surface area (Å²) >= 11 is 0. The van der Waals surface area contributed by atoms with Gasteiger partial charge in [0.05, 0.1) is 30.6 Å². The van der Waals surface area contributed by atoms with E-state index in [1.54, 1.807) is 0 Å². The highest BCUT2D eigenvalue weighted by Crippen LogP contribution is 2.20. The van der Waals surface area contributed by atoms with Crippen LogP contribution < -0.4 is 10.3 Å². The molecule has 18 heavy (non-hydrogen) atoms. The molecule has 1 fully saturated rings. The maximum absolute atomic E-state index is 9.01. The monoisotopic (exact) mass is 248 g/mol. The van der Waals surface area contributed by atoms with Crippen molar-refractivity contribution >= 4 is 12.7 Å². The summed E-state index contributed by atoms with van der Waals surface area (Å²) in [5.41, 5.74) is 0.283. The van der Waals surface area contributed by atoms with E-state index in [1.165, 1.54) is 12.3 Å². The van der Waals surface area contributed by atoms with Crippen molar-refractivity contribution in [3.8, 4) is 11.8 Å². The van der Waals surface area contributed by atoms with Crippen molar-refractivity contribution in [2.75, 3.05) is 13.2 Å². The summed E-state index contributed by atoms with van der Waals surface area (Å²) < 4.78 is 10.9. The number of hydrogen-bond donors (Lipinski definition) is 2. The Morgan fingerprint density at radius 1 is 1.44 bits per heavy atom. The summed E-state index contributed by atoms with van der Waals surface area (Å²) in [5, 5.41) is 27.0. The SMILES string of the molecule is N#Cc1cc(B(O)O)ncc1OC1CCOCC1. The molecule has 0 bridgehead atoms. The molecule has 0 spiro atoms. The Bertz CT molecular complexity index is 455. The Morgan fingerprint density at radius 3 is 2.78 bits per heavy atom. The van der Waals surface area contributed by atoms with Gasteiger partial charge in [0.15, 0.2) is 5.75 Å². The predicted molar refractivity (Wildman–Crippen MR) is 63.2 cm³/mol. The van der Waals surface area contributed by atoms with Gasteiger partial charge in [0, 0.05) is 12.8 Å². The van der Waals surface area contributed by atoms with Crippen LogP contribution in [-0.2, 0) is 4.74 Å². The molecule has 2 heterocycles. The molecule has 0 aromatic carbocycles. The lowest BCUT2D eigenvalue weighted by atomic mass is 9.85. The molecule has 0 radical (unpaired) electrons. The van der Waals surface area contributed by atoms with Crippen LogP contribution in [-0.4, -0.2) is 41.5 Å². The van der Waals surface area contributed by atoms with Gasteiger partial charge in [0.2, 0.25) is 0 Å². The van der Waals surface area contributed by atoms with E-state index in [1.807, 2.05) is 6.07 Å². The standard InChI is InChI=1S/C11H13BN2O4/c13-6-8-5-11(12(15)16)14-7-10(8)18-9-1-3-17-4-2-9/h5,7,9,15-16H,1-4H2. The van der Waals surface area contributed by atoms with Gasteiger partial charge in [-0.3, -0.25) is 4.98 Å². The molecule has 1 saturated heterocycles. The van der Waals surface area contributed by atoms with Gasteiger partial charge < -0.3 is 19.5 Å². The summed E-state index contributed by atoms with van der Waals surface area (Å²) in [6.07, 6.45) is 2.91. The molecule has 2 rings (SSSR count). The number of rotatable bonds is 3. The molecule has 1 aliphatic heterocycles. The quantitative estimate of drug-likeness (QED) is 0.679. The molecule has 0 atom stereocenters. The Hall–Kier alpha value is -1.62. The molecule has 7 heteroatoms. The molecule has 0 aliphatic carbocycles. The van der Waals surface area contributed by atoms with E-state index in [9.17, 15) is 0 Å². The molecule has 94 valence electrons. The lowest BCUT2D eigenvalue weighted by Crippen LogP contribution is -2.33. The molecule has 1 aromatic heterocycles. The molecule has 0 amide bonds. The minimum absolute atomic E-state index is 0.0116. The van der Waals surface area contributed by atoms with Crippen molar-refractivity contribution < 1.29 is 19.5 Å². The van der Waals surface area contributed by atoms with E-state index in [-0.39, 0.29) is 17.3 Å². The van der Waals surface area contributed by atoms with Gasteiger partial charge in [-0.1, -0.05) is 0 Å². The van der Waals surface area contributed by atoms with Gasteiger partial charge in [-0.2, -0.15) is 5.26 Å². The first kappa shape index (κ1) is 12.8. The average Bonchev–Trinajstić information content (AvgIpc) is 2.40. The maximum Gasteiger partial charge on any atom is 0.508 e. The van der Waals surface area contributed by atoms with Gasteiger partial charge in [0.25, 0.3) is 0 Å². The van der Waals surface area contributed by atoms with Crippen LogP contribution in [0.4, 0.5) is 0 Å². The number of pyridine rings is 1. The van der Waals surface area contributed by atoms with Gasteiger partial charge in [-0.25, -0.2) is 0 Å². The Balaban J connectivity index is 2.14. The topological polar surface area (TPSA) is 95.6 Å². The van der Waals surface area contributed by atoms with Crippen molar-refractivity contribution in [1.29, 1.82) is 5.26 Å². The molecule has 1 aliphatic rings. The van der Waals surface area contributed by atoms with E-state index < -0.39 is 7.12 Å². The summed E-state index contributed by atoms with van der Waals surface area (Å²) in [6, 6.07) is 3.28. The van der Waals surface area contributed by atoms with Gasteiger partial charge >= 0.3 is 7.12 Å². The number of aromatic nitrogens is 1. The van der Waals surface area contributed by atoms with Crippen LogP contribution in [0, 0.1) is 11.3 Å². The first-order valence-electron chi connectivity index (χ1n) is 5.71. The normalized spacial score (nSPS) is 16.1. The average molecular weight is 248 g/mol. The summed E-state index contributed by atoms with van der Waals surface area (Å²) in [5.74, 6) is 0.369. The fourth-order valence-electron chi connectivity index (χ4n) is 1.75. The highest BCUT2D eigenvalue weighted by molar-refractivity contribution is 6.57.